The zero-order valence-electron chi connectivity index (χ0n) is 13.1. The molecule has 0 radical (unpaired) electrons. The van der Waals surface area contributed by atoms with Gasteiger partial charge < -0.3 is 5.32 Å². The summed E-state index contributed by atoms with van der Waals surface area (Å²) in [5.74, 6) is -0.921. The molecule has 1 N–H and O–H groups in total. The van der Waals surface area contributed by atoms with Crippen molar-refractivity contribution < 1.29 is 9.18 Å². The average Bonchev–Trinajstić information content (AvgIpc) is 3.04. The van der Waals surface area contributed by atoms with Gasteiger partial charge in [-0.15, -0.1) is 5.10 Å². The van der Waals surface area contributed by atoms with E-state index in [1.807, 2.05) is 31.2 Å². The van der Waals surface area contributed by atoms with Crippen molar-refractivity contribution in [2.45, 2.75) is 12.1 Å². The number of nitrogens with zero attached hydrogens (tertiary/aromatic N) is 4. The molecule has 0 spiro atoms. The first-order chi connectivity index (χ1) is 12.0. The third kappa shape index (κ3) is 4.15. The van der Waals surface area contributed by atoms with E-state index in [-0.39, 0.29) is 22.4 Å². The van der Waals surface area contributed by atoms with E-state index in [4.69, 9.17) is 11.6 Å². The predicted octanol–water partition coefficient (Wildman–Crippen LogP) is 3.49. The summed E-state index contributed by atoms with van der Waals surface area (Å²) < 4.78 is 15.3. The summed E-state index contributed by atoms with van der Waals surface area (Å²) in [5.41, 5.74) is 1.91. The van der Waals surface area contributed by atoms with E-state index in [2.05, 4.69) is 20.8 Å². The predicted molar refractivity (Wildman–Crippen MR) is 94.7 cm³/mol. The van der Waals surface area contributed by atoms with Crippen molar-refractivity contribution in [3.05, 3.63) is 58.9 Å². The maximum absolute atomic E-state index is 13.7. The van der Waals surface area contributed by atoms with Gasteiger partial charge in [-0.25, -0.2) is 4.39 Å². The van der Waals surface area contributed by atoms with Gasteiger partial charge in [0.15, 0.2) is 0 Å². The lowest BCUT2D eigenvalue weighted by Gasteiger charge is -2.08. The molecular weight excluding hydrogens is 365 g/mol. The zero-order valence-corrected chi connectivity index (χ0v) is 14.7. The number of carbonyl (C=O) groups is 1. The minimum atomic E-state index is -0.587. The van der Waals surface area contributed by atoms with Crippen LogP contribution in [-0.4, -0.2) is 31.9 Å². The summed E-state index contributed by atoms with van der Waals surface area (Å²) >= 11 is 6.85. The Morgan fingerprint density at radius 1 is 1.32 bits per heavy atom. The molecule has 0 aliphatic rings. The van der Waals surface area contributed by atoms with Gasteiger partial charge in [0.1, 0.15) is 5.82 Å². The average molecular weight is 378 g/mol. The van der Waals surface area contributed by atoms with Crippen LogP contribution >= 0.6 is 23.4 Å². The number of tetrazole rings is 1. The molecule has 0 fully saturated rings. The summed E-state index contributed by atoms with van der Waals surface area (Å²) in [5, 5.41) is 14.8. The van der Waals surface area contributed by atoms with Crippen molar-refractivity contribution in [3.63, 3.8) is 0 Å². The van der Waals surface area contributed by atoms with Crippen LogP contribution in [0, 0.1) is 12.7 Å². The number of hydrogen-bond donors (Lipinski definition) is 1. The van der Waals surface area contributed by atoms with E-state index >= 15 is 0 Å². The lowest BCUT2D eigenvalue weighted by Crippen LogP contribution is -2.15. The summed E-state index contributed by atoms with van der Waals surface area (Å²) in [6, 6.07) is 11.7. The highest BCUT2D eigenvalue weighted by Crippen LogP contribution is 2.22. The molecule has 6 nitrogen and oxygen atoms in total. The molecule has 0 unspecified atom stereocenters. The number of aryl methyl sites for hydroxylation is 1. The largest absolute Gasteiger partial charge is 0.323 e. The Labute approximate surface area is 152 Å². The van der Waals surface area contributed by atoms with Crippen LogP contribution in [0.25, 0.3) is 5.69 Å². The van der Waals surface area contributed by atoms with E-state index in [1.54, 1.807) is 4.68 Å². The molecule has 0 saturated carbocycles. The number of carbonyl (C=O) groups excluding carboxylic acids is 1. The van der Waals surface area contributed by atoms with Gasteiger partial charge in [-0.1, -0.05) is 41.6 Å². The van der Waals surface area contributed by atoms with Crippen molar-refractivity contribution in [3.8, 4) is 5.69 Å². The first kappa shape index (κ1) is 17.4. The Bertz CT molecular complexity index is 917. The topological polar surface area (TPSA) is 72.7 Å². The van der Waals surface area contributed by atoms with Gasteiger partial charge in [-0.05, 0) is 47.2 Å². The van der Waals surface area contributed by atoms with Gasteiger partial charge in [0.25, 0.3) is 0 Å². The SMILES string of the molecule is Cc1ccccc1-n1nnnc1SCC(=O)Nc1ccc(Cl)cc1F. The highest BCUT2D eigenvalue weighted by atomic mass is 35.5. The number of benzene rings is 2. The summed E-state index contributed by atoms with van der Waals surface area (Å²) in [6.45, 7) is 1.95. The quantitative estimate of drug-likeness (QED) is 0.689. The third-order valence-corrected chi connectivity index (χ3v) is 4.48. The molecule has 0 bridgehead atoms. The molecule has 0 aliphatic carbocycles. The highest BCUT2D eigenvalue weighted by molar-refractivity contribution is 7.99. The van der Waals surface area contributed by atoms with Crippen molar-refractivity contribution in [1.29, 1.82) is 0 Å². The molecule has 25 heavy (non-hydrogen) atoms. The standard InChI is InChI=1S/C16H13ClFN5OS/c1-10-4-2-3-5-14(10)23-16(20-21-22-23)25-9-15(24)19-13-7-6-11(17)8-12(13)18/h2-8H,9H2,1H3,(H,19,24). The lowest BCUT2D eigenvalue weighted by atomic mass is 10.2. The second kappa shape index (κ2) is 7.62. The van der Waals surface area contributed by atoms with E-state index in [9.17, 15) is 9.18 Å². The monoisotopic (exact) mass is 377 g/mol. The van der Waals surface area contributed by atoms with E-state index in [0.717, 1.165) is 29.1 Å². The molecular formula is C16H13ClFN5OS. The lowest BCUT2D eigenvalue weighted by molar-refractivity contribution is -0.113. The fourth-order valence-electron chi connectivity index (χ4n) is 2.13. The Morgan fingerprint density at radius 3 is 2.88 bits per heavy atom. The molecule has 3 aromatic rings. The van der Waals surface area contributed by atoms with Gasteiger partial charge >= 0.3 is 0 Å². The van der Waals surface area contributed by atoms with E-state index in [0.29, 0.717) is 5.16 Å². The smallest absolute Gasteiger partial charge is 0.234 e. The number of para-hydroxylation sites is 1. The van der Waals surface area contributed by atoms with Crippen LogP contribution in [0.5, 0.6) is 0 Å². The van der Waals surface area contributed by atoms with Gasteiger partial charge in [-0.2, -0.15) is 4.68 Å². The number of amides is 1. The number of hydrogen-bond acceptors (Lipinski definition) is 5. The maximum atomic E-state index is 13.7. The highest BCUT2D eigenvalue weighted by Gasteiger charge is 2.14. The number of anilines is 1. The van der Waals surface area contributed by atoms with Crippen molar-refractivity contribution in [2.24, 2.45) is 0 Å². The molecule has 0 saturated heterocycles. The minimum Gasteiger partial charge on any atom is -0.323 e. The summed E-state index contributed by atoms with van der Waals surface area (Å²) in [4.78, 5) is 12.1. The molecule has 2 aromatic carbocycles. The first-order valence-electron chi connectivity index (χ1n) is 7.26. The Balaban J connectivity index is 1.67. The summed E-state index contributed by atoms with van der Waals surface area (Å²) in [7, 11) is 0. The fourth-order valence-corrected chi connectivity index (χ4v) is 2.97. The molecule has 0 aliphatic heterocycles. The second-order valence-electron chi connectivity index (χ2n) is 5.12. The Hall–Kier alpha value is -2.45. The third-order valence-electron chi connectivity index (χ3n) is 3.32. The fraction of sp³-hybridized carbons (Fsp3) is 0.125. The molecule has 1 amide bonds. The number of nitrogens with one attached hydrogen (secondary N) is 1. The van der Waals surface area contributed by atoms with Gasteiger partial charge in [0, 0.05) is 5.02 Å². The van der Waals surface area contributed by atoms with Crippen LogP contribution < -0.4 is 5.32 Å². The number of rotatable bonds is 5. The molecule has 9 heteroatoms. The van der Waals surface area contributed by atoms with Crippen molar-refractivity contribution in [1.82, 2.24) is 20.2 Å². The van der Waals surface area contributed by atoms with E-state index < -0.39 is 5.82 Å². The van der Waals surface area contributed by atoms with Crippen LogP contribution in [0.15, 0.2) is 47.6 Å². The van der Waals surface area contributed by atoms with Crippen LogP contribution in [0.1, 0.15) is 5.56 Å². The molecule has 3 rings (SSSR count). The van der Waals surface area contributed by atoms with Crippen molar-refractivity contribution in [2.75, 3.05) is 11.1 Å². The van der Waals surface area contributed by atoms with E-state index in [1.165, 1.54) is 12.1 Å². The molecule has 1 heterocycles. The number of thioether (sulfide) groups is 1. The number of aromatic nitrogens is 4. The number of halogens is 2. The molecule has 128 valence electrons. The Kier molecular flexibility index (Phi) is 5.30. The van der Waals surface area contributed by atoms with Gasteiger partial charge in [0.2, 0.25) is 11.1 Å². The first-order valence-corrected chi connectivity index (χ1v) is 8.63. The second-order valence-corrected chi connectivity index (χ2v) is 6.50. The van der Waals surface area contributed by atoms with Crippen LogP contribution in [-0.2, 0) is 4.79 Å². The van der Waals surface area contributed by atoms with Gasteiger partial charge in [-0.3, -0.25) is 4.79 Å². The summed E-state index contributed by atoms with van der Waals surface area (Å²) in [6.07, 6.45) is 0. The molecule has 1 aromatic heterocycles. The zero-order chi connectivity index (χ0) is 17.8. The van der Waals surface area contributed by atoms with Crippen LogP contribution in [0.3, 0.4) is 0 Å². The van der Waals surface area contributed by atoms with Gasteiger partial charge in [0.05, 0.1) is 17.1 Å². The maximum Gasteiger partial charge on any atom is 0.234 e. The van der Waals surface area contributed by atoms with Crippen LogP contribution in [0.4, 0.5) is 10.1 Å². The normalized spacial score (nSPS) is 10.7. The van der Waals surface area contributed by atoms with Crippen LogP contribution in [0.2, 0.25) is 5.02 Å². The Morgan fingerprint density at radius 2 is 2.12 bits per heavy atom. The molecule has 0 atom stereocenters. The van der Waals surface area contributed by atoms with Crippen molar-refractivity contribution >= 4 is 35.0 Å². The minimum absolute atomic E-state index is 0.0360.